The summed E-state index contributed by atoms with van der Waals surface area (Å²) in [5.74, 6) is 1.43. The van der Waals surface area contributed by atoms with Crippen LogP contribution in [-0.4, -0.2) is 151 Å². The lowest BCUT2D eigenvalue weighted by Crippen LogP contribution is -2.50. The molecule has 0 unspecified atom stereocenters. The average Bonchev–Trinajstić information content (AvgIpc) is 1.59. The summed E-state index contributed by atoms with van der Waals surface area (Å²) < 4.78 is 12.1. The van der Waals surface area contributed by atoms with Gasteiger partial charge < -0.3 is 43.4 Å². The molecule has 0 radical (unpaired) electrons. The van der Waals surface area contributed by atoms with Crippen molar-refractivity contribution in [3.8, 4) is 5.75 Å². The lowest BCUT2D eigenvalue weighted by atomic mass is 9.94. The first-order chi connectivity index (χ1) is 55.6. The third kappa shape index (κ3) is 20.4. The lowest BCUT2D eigenvalue weighted by Gasteiger charge is -2.38. The number of aromatic nitrogens is 3. The van der Waals surface area contributed by atoms with Crippen molar-refractivity contribution in [2.45, 2.75) is 130 Å². The van der Waals surface area contributed by atoms with Crippen LogP contribution in [0.25, 0.3) is 32.7 Å². The monoisotopic (exact) mass is 1730 g/mol. The Morgan fingerprint density at radius 1 is 0.560 bits per heavy atom. The Bertz CT molecular complexity index is 5410. The molecule has 4 aliphatic heterocycles. The molecule has 116 heavy (non-hydrogen) atoms. The van der Waals surface area contributed by atoms with Gasteiger partial charge in [0.05, 0.1) is 59.4 Å². The highest BCUT2D eigenvalue weighted by atomic mass is 79.9. The minimum atomic E-state index is -0.313. The van der Waals surface area contributed by atoms with Gasteiger partial charge in [0, 0.05) is 185 Å². The molecule has 5 aliphatic rings. The zero-order valence-electron chi connectivity index (χ0n) is 65.6. The van der Waals surface area contributed by atoms with E-state index in [0.717, 1.165) is 103 Å². The lowest BCUT2D eigenvalue weighted by molar-refractivity contribution is -0.134. The number of amides is 5. The number of hydrogen-bond acceptors (Lipinski definition) is 11. The van der Waals surface area contributed by atoms with Gasteiger partial charge in [-0.15, -0.1) is 0 Å². The first-order valence-corrected chi connectivity index (χ1v) is 42.0. The van der Waals surface area contributed by atoms with Crippen LogP contribution in [0.5, 0.6) is 5.75 Å². The number of ketones is 5. The van der Waals surface area contributed by atoms with E-state index in [1.54, 1.807) is 63.0 Å². The predicted molar refractivity (Wildman–Crippen MR) is 461 cm³/mol. The highest BCUT2D eigenvalue weighted by Crippen LogP contribution is 2.41. The predicted octanol–water partition coefficient (Wildman–Crippen LogP) is 17.2. The largest absolute Gasteiger partial charge is 0.496 e. The molecule has 7 heterocycles. The fourth-order valence-electron chi connectivity index (χ4n) is 16.5. The quantitative estimate of drug-likeness (QED) is 0.0318. The number of hydrogen-bond donors (Lipinski definition) is 1. The molecule has 5 amide bonds. The number of carbonyl (C=O) groups is 10. The van der Waals surface area contributed by atoms with E-state index in [9.17, 15) is 47.9 Å². The van der Waals surface area contributed by atoms with E-state index in [1.807, 2.05) is 84.0 Å². The molecule has 4 fully saturated rings. The van der Waals surface area contributed by atoms with Gasteiger partial charge in [-0.1, -0.05) is 143 Å². The maximum Gasteiger partial charge on any atom is 0.256 e. The van der Waals surface area contributed by atoms with E-state index in [-0.39, 0.29) is 102 Å². The summed E-state index contributed by atoms with van der Waals surface area (Å²) in [5, 5.41) is 7.51. The Balaban J connectivity index is 0.000000161. The number of fused-ring (bicyclic) bond motifs is 4. The van der Waals surface area contributed by atoms with Crippen LogP contribution in [0.4, 0.5) is 0 Å². The first-order valence-electron chi connectivity index (χ1n) is 39.3. The second kappa shape index (κ2) is 38.3. The zero-order chi connectivity index (χ0) is 82.9. The Hall–Kier alpha value is -9.41. The van der Waals surface area contributed by atoms with Crippen LogP contribution in [-0.2, 0) is 91.8 Å². The minimum Gasteiger partial charge on any atom is -0.496 e. The summed E-state index contributed by atoms with van der Waals surface area (Å²) in [5.41, 5.74) is 12.2. The molecule has 1 N–H and O–H groups in total. The molecular weight excluding hydrogens is 1640 g/mol. The van der Waals surface area contributed by atoms with Crippen LogP contribution < -0.4 is 10.1 Å². The second-order valence-electron chi connectivity index (χ2n) is 31.0. The van der Waals surface area contributed by atoms with Crippen LogP contribution in [0.15, 0.2) is 152 Å². The molecule has 3 saturated heterocycles. The fourth-order valence-corrected chi connectivity index (χ4v) is 18.4. The zero-order valence-corrected chi connectivity index (χ0v) is 71.0. The van der Waals surface area contributed by atoms with Crippen molar-refractivity contribution in [2.24, 2.45) is 23.7 Å². The van der Waals surface area contributed by atoms with Crippen LogP contribution in [0.2, 0.25) is 25.1 Å². The number of aryl methyl sites for hydroxylation is 3. The van der Waals surface area contributed by atoms with Gasteiger partial charge in [-0.25, -0.2) is 0 Å². The van der Waals surface area contributed by atoms with E-state index in [4.69, 9.17) is 62.7 Å². The number of Topliss-reactive ketones (excluding diaryl/α,β-unsaturated/α-hetero) is 5. The molecule has 1 aliphatic carbocycles. The maximum absolute atomic E-state index is 14.4. The molecule has 25 heteroatoms. The third-order valence-corrected chi connectivity index (χ3v) is 24.2. The molecule has 1 saturated carbocycles. The van der Waals surface area contributed by atoms with Gasteiger partial charge in [-0.05, 0) is 171 Å². The summed E-state index contributed by atoms with van der Waals surface area (Å²) in [7, 11) is 1.68. The molecule has 19 nitrogen and oxygen atoms in total. The first kappa shape index (κ1) is 85.9. The number of benzene rings is 6. The van der Waals surface area contributed by atoms with Gasteiger partial charge in [0.15, 0.2) is 23.1 Å². The van der Waals surface area contributed by atoms with Gasteiger partial charge >= 0.3 is 0 Å². The number of methoxy groups -OCH3 is 1. The van der Waals surface area contributed by atoms with Crippen molar-refractivity contribution in [1.29, 1.82) is 0 Å². The van der Waals surface area contributed by atoms with Crippen LogP contribution in [0, 0.1) is 37.5 Å². The van der Waals surface area contributed by atoms with Crippen LogP contribution >= 0.6 is 73.9 Å². The molecule has 606 valence electrons. The normalized spacial score (nSPS) is 14.6. The Morgan fingerprint density at radius 3 is 1.72 bits per heavy atom. The van der Waals surface area contributed by atoms with Crippen molar-refractivity contribution in [2.75, 3.05) is 59.5 Å². The number of carbonyl (C=O) groups excluding carboxylic acids is 10. The number of likely N-dealkylation sites (tertiary alicyclic amines) is 3. The van der Waals surface area contributed by atoms with Crippen molar-refractivity contribution in [1.82, 2.24) is 38.6 Å². The summed E-state index contributed by atoms with van der Waals surface area (Å²) in [6.07, 6.45) is 15.1. The van der Waals surface area contributed by atoms with E-state index in [1.165, 1.54) is 23.8 Å². The molecule has 9 aromatic rings. The van der Waals surface area contributed by atoms with Gasteiger partial charge in [0.1, 0.15) is 11.5 Å². The molecule has 0 bridgehead atoms. The van der Waals surface area contributed by atoms with Crippen molar-refractivity contribution in [3.63, 3.8) is 0 Å². The van der Waals surface area contributed by atoms with Crippen molar-refractivity contribution >= 4 is 165 Å². The standard InChI is InChI=1S/C33H36ClN3O4.C32H35BrN2O4.C26H23Cl4N3O3/c1-4-30(39)36-16-22(17-36)13-25(38)19-37-28(14-21-8-9-21)31(27-15-24(34)12-20(2)32(27)37)33(40)35-11-10-26-23(18-35)6-5-7-29(26)41-3;1-4-23-9-6-7-10-24(23)15-26(36)11-8-12-30(38)29-20-35(32-21(3)13-25(33)16-28(29)32)19-27(37)14-22-17-34(18-22)31(39)5-2;1-2-24(35)32-11-15(12-32)7-19(34)13-33-14-21(20-8-18(28)10-23(30)25(20)33)26(36)31-6-5-16-3-4-17(27)9-22(16)29/h4-7,12,15,21-22H,1,8-11,13-14,16-19H2,2-3H3;5-7,9-10,13,16,20,22H,2,4,8,11-12,14-15,17-19H2,1,3H3;2-4,8-10,14-15H,1,5-7,11-13H2,(H,31,36). The smallest absolute Gasteiger partial charge is 0.256 e. The second-order valence-corrected chi connectivity index (χ2v) is 34.1. The van der Waals surface area contributed by atoms with Crippen LogP contribution in [0.3, 0.4) is 0 Å². The number of rotatable bonds is 31. The highest BCUT2D eigenvalue weighted by molar-refractivity contribution is 9.10. The molecule has 14 rings (SSSR count). The van der Waals surface area contributed by atoms with Crippen LogP contribution in [0.1, 0.15) is 134 Å². The summed E-state index contributed by atoms with van der Waals surface area (Å²) in [6, 6.07) is 30.2. The van der Waals surface area contributed by atoms with E-state index < -0.39 is 0 Å². The Morgan fingerprint density at radius 2 is 1.12 bits per heavy atom. The SMILES string of the molecule is C=CC(=O)N1CC(CC(=O)Cn2c(CC3CC3)c(C(=O)N3CCc4c(cccc4OC)C3)c3cc(Cl)cc(C)c32)C1.C=CC(=O)N1CC(CC(=O)Cn2cc(C(=O)CCCC(=O)Cc3ccccc3CC)c3cc(Br)cc(C)c32)C1.C=CC(=O)N1CC(CC(=O)Cn2cc(C(=O)NCCc3ccc(Cl)cc3Cl)c3cc(Cl)cc(Cl)c32)C1. The average molecular weight is 1730 g/mol. The molecule has 0 spiro atoms. The maximum atomic E-state index is 14.4. The molecule has 0 atom stereocenters. The minimum absolute atomic E-state index is 0.00967. The van der Waals surface area contributed by atoms with E-state index in [0.29, 0.717) is 162 Å². The van der Waals surface area contributed by atoms with Crippen molar-refractivity contribution < 1.29 is 52.7 Å². The third-order valence-electron chi connectivity index (χ3n) is 22.5. The molecule has 6 aromatic carbocycles. The van der Waals surface area contributed by atoms with E-state index >= 15 is 0 Å². The topological polar surface area (TPSA) is 220 Å². The highest BCUT2D eigenvalue weighted by Gasteiger charge is 2.37. The van der Waals surface area contributed by atoms with Gasteiger partial charge in [-0.2, -0.15) is 0 Å². The van der Waals surface area contributed by atoms with E-state index in [2.05, 4.69) is 64.6 Å². The number of nitrogens with one attached hydrogen (secondary N) is 1. The van der Waals surface area contributed by atoms with Gasteiger partial charge in [0.25, 0.3) is 11.8 Å². The Kier molecular flexibility index (Phi) is 28.4. The summed E-state index contributed by atoms with van der Waals surface area (Å²) >= 11 is 35.0. The molecule has 3 aromatic heterocycles. The summed E-state index contributed by atoms with van der Waals surface area (Å²) in [6.45, 7) is 21.9. The fraction of sp³-hybridized carbons (Fsp3) is 0.363. The summed E-state index contributed by atoms with van der Waals surface area (Å²) in [4.78, 5) is 135. The molecular formula is C91H94BrCl5N8O11. The van der Waals surface area contributed by atoms with Crippen molar-refractivity contribution in [3.05, 3.63) is 238 Å². The van der Waals surface area contributed by atoms with Gasteiger partial charge in [0.2, 0.25) is 17.7 Å². The van der Waals surface area contributed by atoms with Gasteiger partial charge in [-0.3, -0.25) is 47.9 Å². The number of halogens is 6. The number of ether oxygens (including phenoxy) is 1. The Labute approximate surface area is 709 Å². The number of nitrogens with zero attached hydrogens (tertiary/aromatic N) is 7.